The number of morpholine rings is 1. The monoisotopic (exact) mass is 397 g/mol. The lowest BCUT2D eigenvalue weighted by Gasteiger charge is -2.35. The summed E-state index contributed by atoms with van der Waals surface area (Å²) in [4.78, 5) is 18.2. The molecule has 0 saturated carbocycles. The number of nitrogens with one attached hydrogen (secondary N) is 2. The Bertz CT molecular complexity index is 950. The number of para-hydroxylation sites is 1. The Hall–Kier alpha value is -2.34. The number of carbonyl (C=O) groups excluding carboxylic acids is 1. The van der Waals surface area contributed by atoms with Gasteiger partial charge in [0.25, 0.3) is 0 Å². The number of amides is 1. The van der Waals surface area contributed by atoms with Crippen LogP contribution in [0.15, 0.2) is 54.7 Å². The molecule has 0 radical (unpaired) electrons. The number of aromatic amines is 1. The summed E-state index contributed by atoms with van der Waals surface area (Å²) in [5.41, 5.74) is 3.10. The number of hydrogen-bond acceptors (Lipinski definition) is 3. The zero-order valence-electron chi connectivity index (χ0n) is 15.7. The van der Waals surface area contributed by atoms with E-state index in [1.54, 1.807) is 0 Å². The number of benzene rings is 2. The van der Waals surface area contributed by atoms with Gasteiger partial charge in [0, 0.05) is 41.8 Å². The summed E-state index contributed by atoms with van der Waals surface area (Å²) in [6, 6.07) is 15.9. The number of fused-ring (bicyclic) bond motifs is 1. The molecular formula is C22H24ClN3O2. The van der Waals surface area contributed by atoms with Crippen LogP contribution in [0.5, 0.6) is 0 Å². The van der Waals surface area contributed by atoms with Crippen LogP contribution in [0.2, 0.25) is 5.02 Å². The second kappa shape index (κ2) is 8.78. The van der Waals surface area contributed by atoms with E-state index >= 15 is 0 Å². The average molecular weight is 398 g/mol. The average Bonchev–Trinajstić information content (AvgIpc) is 3.13. The van der Waals surface area contributed by atoms with E-state index in [-0.39, 0.29) is 11.9 Å². The number of carbonyl (C=O) groups is 1. The number of hydrogen-bond donors (Lipinski definition) is 2. The minimum absolute atomic E-state index is 0.00932. The van der Waals surface area contributed by atoms with E-state index in [4.69, 9.17) is 16.3 Å². The van der Waals surface area contributed by atoms with Gasteiger partial charge in [0.1, 0.15) is 0 Å². The van der Waals surface area contributed by atoms with Gasteiger partial charge in [-0.3, -0.25) is 9.69 Å². The minimum Gasteiger partial charge on any atom is -0.379 e. The summed E-state index contributed by atoms with van der Waals surface area (Å²) in [6.45, 7) is 3.57. The van der Waals surface area contributed by atoms with Gasteiger partial charge in [0.05, 0.1) is 25.7 Å². The summed E-state index contributed by atoms with van der Waals surface area (Å²) in [5, 5.41) is 4.93. The Morgan fingerprint density at radius 2 is 1.89 bits per heavy atom. The number of aromatic nitrogens is 1. The van der Waals surface area contributed by atoms with E-state index in [9.17, 15) is 4.79 Å². The standard InChI is InChI=1S/C22H24ClN3O2/c23-19-7-3-1-6-18(19)21(26-9-11-28-12-10-26)15-25-22(27)13-16-14-24-20-8-4-2-5-17(16)20/h1-8,14,21,24H,9-13,15H2,(H,25,27)/t21-/m0/s1. The lowest BCUT2D eigenvalue weighted by Crippen LogP contribution is -2.44. The number of H-pyrrole nitrogens is 1. The van der Waals surface area contributed by atoms with Gasteiger partial charge in [-0.2, -0.15) is 0 Å². The normalized spacial score (nSPS) is 16.2. The Morgan fingerprint density at radius 1 is 1.14 bits per heavy atom. The lowest BCUT2D eigenvalue weighted by molar-refractivity contribution is -0.120. The van der Waals surface area contributed by atoms with E-state index in [0.29, 0.717) is 26.2 Å². The molecule has 1 aliphatic heterocycles. The third-order valence-corrected chi connectivity index (χ3v) is 5.61. The van der Waals surface area contributed by atoms with Gasteiger partial charge in [-0.15, -0.1) is 0 Å². The molecule has 0 spiro atoms. The molecule has 6 heteroatoms. The quantitative estimate of drug-likeness (QED) is 0.668. The first-order chi connectivity index (χ1) is 13.7. The molecule has 1 saturated heterocycles. The fourth-order valence-corrected chi connectivity index (χ4v) is 4.06. The molecule has 0 unspecified atom stereocenters. The second-order valence-electron chi connectivity index (χ2n) is 7.03. The van der Waals surface area contributed by atoms with Crippen LogP contribution in [0, 0.1) is 0 Å². The smallest absolute Gasteiger partial charge is 0.224 e. The molecule has 2 aromatic carbocycles. The summed E-state index contributed by atoms with van der Waals surface area (Å²) < 4.78 is 5.49. The van der Waals surface area contributed by atoms with Gasteiger partial charge >= 0.3 is 0 Å². The Balaban J connectivity index is 1.46. The number of rotatable bonds is 6. The molecule has 3 aromatic rings. The van der Waals surface area contributed by atoms with Crippen LogP contribution >= 0.6 is 11.6 Å². The van der Waals surface area contributed by atoms with Gasteiger partial charge in [-0.25, -0.2) is 0 Å². The summed E-state index contributed by atoms with van der Waals surface area (Å²) >= 11 is 6.46. The number of ether oxygens (including phenoxy) is 1. The molecule has 4 rings (SSSR count). The van der Waals surface area contributed by atoms with Crippen LogP contribution < -0.4 is 5.32 Å². The van der Waals surface area contributed by atoms with Gasteiger partial charge in [-0.1, -0.05) is 48.0 Å². The Kier molecular flexibility index (Phi) is 5.95. The van der Waals surface area contributed by atoms with Crippen molar-refractivity contribution < 1.29 is 9.53 Å². The highest BCUT2D eigenvalue weighted by molar-refractivity contribution is 6.31. The van der Waals surface area contributed by atoms with Crippen LogP contribution in [0.4, 0.5) is 0 Å². The minimum atomic E-state index is 0.00932. The largest absolute Gasteiger partial charge is 0.379 e. The van der Waals surface area contributed by atoms with Crippen molar-refractivity contribution in [2.24, 2.45) is 0 Å². The predicted molar refractivity (Wildman–Crippen MR) is 112 cm³/mol. The first-order valence-electron chi connectivity index (χ1n) is 9.60. The highest BCUT2D eigenvalue weighted by Crippen LogP contribution is 2.28. The van der Waals surface area contributed by atoms with E-state index in [1.165, 1.54) is 0 Å². The molecule has 0 bridgehead atoms. The van der Waals surface area contributed by atoms with Gasteiger partial charge in [0.2, 0.25) is 5.91 Å². The molecule has 5 nitrogen and oxygen atoms in total. The Labute approximate surface area is 169 Å². The molecular weight excluding hydrogens is 374 g/mol. The first kappa shape index (κ1) is 19.0. The van der Waals surface area contributed by atoms with E-state index < -0.39 is 0 Å². The summed E-state index contributed by atoms with van der Waals surface area (Å²) in [5.74, 6) is 0.00932. The summed E-state index contributed by atoms with van der Waals surface area (Å²) in [6.07, 6.45) is 2.26. The van der Waals surface area contributed by atoms with E-state index in [2.05, 4.69) is 15.2 Å². The van der Waals surface area contributed by atoms with Crippen molar-refractivity contribution in [3.63, 3.8) is 0 Å². The van der Waals surface area contributed by atoms with Crippen molar-refractivity contribution in [1.82, 2.24) is 15.2 Å². The maximum atomic E-state index is 12.7. The van der Waals surface area contributed by atoms with Gasteiger partial charge < -0.3 is 15.0 Å². The van der Waals surface area contributed by atoms with Gasteiger partial charge in [-0.05, 0) is 23.3 Å². The highest BCUT2D eigenvalue weighted by atomic mass is 35.5. The maximum Gasteiger partial charge on any atom is 0.224 e. The molecule has 0 aliphatic carbocycles. The topological polar surface area (TPSA) is 57.4 Å². The number of nitrogens with zero attached hydrogens (tertiary/aromatic N) is 1. The zero-order valence-corrected chi connectivity index (χ0v) is 16.4. The summed E-state index contributed by atoms with van der Waals surface area (Å²) in [7, 11) is 0. The van der Waals surface area contributed by atoms with Crippen molar-refractivity contribution in [1.29, 1.82) is 0 Å². The van der Waals surface area contributed by atoms with Crippen molar-refractivity contribution in [3.8, 4) is 0 Å². The molecule has 2 heterocycles. The third-order valence-electron chi connectivity index (χ3n) is 5.27. The highest BCUT2D eigenvalue weighted by Gasteiger charge is 2.25. The van der Waals surface area contributed by atoms with E-state index in [1.807, 2.05) is 54.7 Å². The van der Waals surface area contributed by atoms with E-state index in [0.717, 1.165) is 40.1 Å². The zero-order chi connectivity index (χ0) is 19.3. The first-order valence-corrected chi connectivity index (χ1v) is 9.98. The van der Waals surface area contributed by atoms with Crippen molar-refractivity contribution in [2.75, 3.05) is 32.8 Å². The number of halogens is 1. The van der Waals surface area contributed by atoms with Crippen LogP contribution in [0.3, 0.4) is 0 Å². The lowest BCUT2D eigenvalue weighted by atomic mass is 10.0. The van der Waals surface area contributed by atoms with Crippen LogP contribution in [0.25, 0.3) is 10.9 Å². The van der Waals surface area contributed by atoms with Crippen molar-refractivity contribution in [3.05, 3.63) is 70.9 Å². The second-order valence-corrected chi connectivity index (χ2v) is 7.43. The molecule has 2 N–H and O–H groups in total. The van der Waals surface area contributed by atoms with Crippen LogP contribution in [-0.4, -0.2) is 48.6 Å². The van der Waals surface area contributed by atoms with Crippen LogP contribution in [-0.2, 0) is 16.0 Å². The van der Waals surface area contributed by atoms with Crippen molar-refractivity contribution >= 4 is 28.4 Å². The predicted octanol–water partition coefficient (Wildman–Crippen LogP) is 3.55. The molecule has 1 fully saturated rings. The Morgan fingerprint density at radius 3 is 2.71 bits per heavy atom. The maximum absolute atomic E-state index is 12.7. The molecule has 28 heavy (non-hydrogen) atoms. The van der Waals surface area contributed by atoms with Crippen LogP contribution in [0.1, 0.15) is 17.2 Å². The molecule has 1 aromatic heterocycles. The SMILES string of the molecule is O=C(Cc1c[nH]c2ccccc12)NC[C@@H](c1ccccc1Cl)N1CCOCC1. The van der Waals surface area contributed by atoms with Gasteiger partial charge in [0.15, 0.2) is 0 Å². The fraction of sp³-hybridized carbons (Fsp3) is 0.318. The molecule has 1 amide bonds. The molecule has 1 atom stereocenters. The fourth-order valence-electron chi connectivity index (χ4n) is 3.79. The molecule has 146 valence electrons. The third kappa shape index (κ3) is 4.22. The molecule has 1 aliphatic rings. The van der Waals surface area contributed by atoms with Crippen molar-refractivity contribution in [2.45, 2.75) is 12.5 Å².